The van der Waals surface area contributed by atoms with Crippen LogP contribution in [0.2, 0.25) is 0 Å². The minimum absolute atomic E-state index is 0. The predicted octanol–water partition coefficient (Wildman–Crippen LogP) is 10.2. The van der Waals surface area contributed by atoms with Gasteiger partial charge < -0.3 is 0 Å². The van der Waals surface area contributed by atoms with Gasteiger partial charge in [-0.1, -0.05) is 78.4 Å². The molecule has 2 aromatic rings. The second kappa shape index (κ2) is 17.8. The van der Waals surface area contributed by atoms with Crippen molar-refractivity contribution >= 4 is 22.8 Å². The fraction of sp³-hybridized carbons (Fsp3) is 0.562. The topological polar surface area (TPSA) is 24.7 Å². The van der Waals surface area contributed by atoms with Gasteiger partial charge in [0.25, 0.3) is 0 Å². The number of nitrogens with zero attached hydrogens (tertiary/aromatic N) is 2. The molecule has 0 aliphatic rings. The van der Waals surface area contributed by atoms with E-state index in [9.17, 15) is 0 Å². The van der Waals surface area contributed by atoms with Crippen LogP contribution in [-0.4, -0.2) is 11.4 Å². The zero-order chi connectivity index (χ0) is 24.8. The SMILES string of the molecule is CCCCCCCCC(=N\c1ccc(CC)c(CC)c1)/C(CCCC)=N/c1cc(C)cc(C)c1.[Pd]. The first-order chi connectivity index (χ1) is 16.5. The summed E-state index contributed by atoms with van der Waals surface area (Å²) in [6.45, 7) is 13.3. The van der Waals surface area contributed by atoms with Gasteiger partial charge in [0, 0.05) is 20.4 Å². The largest absolute Gasteiger partial charge is 0.252 e. The standard InChI is InChI=1S/C32H48N2.Pd/c1-7-11-13-14-15-16-18-32(33-29-20-19-27(9-3)28(10-4)24-29)31(17-12-8-2)34-30-22-25(5)21-26(6)23-30;/h19-24H,7-18H2,1-6H3;/b33-32+,34-31+;. The van der Waals surface area contributed by atoms with Crippen molar-refractivity contribution in [1.82, 2.24) is 0 Å². The number of benzene rings is 2. The Kier molecular flexibility index (Phi) is 16.0. The Morgan fingerprint density at radius 3 is 1.71 bits per heavy atom. The van der Waals surface area contributed by atoms with Gasteiger partial charge in [0.05, 0.1) is 22.8 Å². The van der Waals surface area contributed by atoms with Gasteiger partial charge in [-0.15, -0.1) is 0 Å². The third kappa shape index (κ3) is 11.4. The van der Waals surface area contributed by atoms with Gasteiger partial charge in [-0.2, -0.15) is 0 Å². The Morgan fingerprint density at radius 1 is 0.571 bits per heavy atom. The van der Waals surface area contributed by atoms with Crippen LogP contribution in [0.15, 0.2) is 46.4 Å². The summed E-state index contributed by atoms with van der Waals surface area (Å²) in [6.07, 6.45) is 14.2. The fourth-order valence-corrected chi connectivity index (χ4v) is 4.63. The first-order valence-corrected chi connectivity index (χ1v) is 13.9. The molecule has 35 heavy (non-hydrogen) atoms. The van der Waals surface area contributed by atoms with Gasteiger partial charge in [0.2, 0.25) is 0 Å². The maximum atomic E-state index is 5.26. The molecule has 0 amide bonds. The monoisotopic (exact) mass is 566 g/mol. The van der Waals surface area contributed by atoms with Crippen LogP contribution in [0.3, 0.4) is 0 Å². The Bertz CT molecular complexity index is 922. The van der Waals surface area contributed by atoms with Gasteiger partial charge >= 0.3 is 0 Å². The molecule has 0 spiro atoms. The van der Waals surface area contributed by atoms with Gasteiger partial charge in [0.15, 0.2) is 0 Å². The summed E-state index contributed by atoms with van der Waals surface area (Å²) in [5, 5.41) is 0. The smallest absolute Gasteiger partial charge is 0.0639 e. The van der Waals surface area contributed by atoms with Crippen LogP contribution in [-0.2, 0) is 33.3 Å². The average Bonchev–Trinajstić information content (AvgIpc) is 2.82. The van der Waals surface area contributed by atoms with E-state index in [1.54, 1.807) is 0 Å². The summed E-state index contributed by atoms with van der Waals surface area (Å²) >= 11 is 0. The summed E-state index contributed by atoms with van der Waals surface area (Å²) in [5.41, 5.74) is 9.91. The first-order valence-electron chi connectivity index (χ1n) is 13.9. The molecule has 0 N–H and O–H groups in total. The van der Waals surface area contributed by atoms with E-state index in [0.717, 1.165) is 43.5 Å². The van der Waals surface area contributed by atoms with Crippen molar-refractivity contribution in [2.45, 2.75) is 119 Å². The quantitative estimate of drug-likeness (QED) is 0.116. The summed E-state index contributed by atoms with van der Waals surface area (Å²) in [4.78, 5) is 10.5. The molecule has 196 valence electrons. The average molecular weight is 567 g/mol. The van der Waals surface area contributed by atoms with E-state index in [4.69, 9.17) is 9.98 Å². The van der Waals surface area contributed by atoms with Crippen LogP contribution in [0, 0.1) is 13.8 Å². The van der Waals surface area contributed by atoms with Crippen LogP contribution >= 0.6 is 0 Å². The summed E-state index contributed by atoms with van der Waals surface area (Å²) in [6, 6.07) is 13.4. The molecule has 0 bridgehead atoms. The van der Waals surface area contributed by atoms with Crippen LogP contribution in [0.5, 0.6) is 0 Å². The zero-order valence-electron chi connectivity index (χ0n) is 23.2. The molecule has 0 atom stereocenters. The fourth-order valence-electron chi connectivity index (χ4n) is 4.63. The predicted molar refractivity (Wildman–Crippen MR) is 153 cm³/mol. The molecule has 0 radical (unpaired) electrons. The summed E-state index contributed by atoms with van der Waals surface area (Å²) in [7, 11) is 0. The van der Waals surface area contributed by atoms with Crippen molar-refractivity contribution in [3.63, 3.8) is 0 Å². The molecule has 0 saturated heterocycles. The van der Waals surface area contributed by atoms with Crippen LogP contribution in [0.4, 0.5) is 11.4 Å². The number of rotatable bonds is 15. The number of unbranched alkanes of at least 4 members (excludes halogenated alkanes) is 6. The third-order valence-electron chi connectivity index (χ3n) is 6.55. The molecule has 2 aromatic carbocycles. The molecule has 0 aromatic heterocycles. The third-order valence-corrected chi connectivity index (χ3v) is 6.55. The second-order valence-electron chi connectivity index (χ2n) is 9.74. The van der Waals surface area contributed by atoms with E-state index < -0.39 is 0 Å². The van der Waals surface area contributed by atoms with E-state index >= 15 is 0 Å². The molecule has 0 saturated carbocycles. The molecule has 2 rings (SSSR count). The number of aliphatic imine (C=N–C) groups is 2. The maximum Gasteiger partial charge on any atom is 0.0639 e. The summed E-state index contributed by atoms with van der Waals surface area (Å²) < 4.78 is 0. The Morgan fingerprint density at radius 2 is 1.11 bits per heavy atom. The molecule has 0 fully saturated rings. The number of hydrogen-bond acceptors (Lipinski definition) is 2. The Balaban J connectivity index is 0.00000612. The van der Waals surface area contributed by atoms with Crippen molar-refractivity contribution in [3.05, 3.63) is 58.7 Å². The van der Waals surface area contributed by atoms with Crippen molar-refractivity contribution in [3.8, 4) is 0 Å². The molecule has 3 heteroatoms. The van der Waals surface area contributed by atoms with E-state index in [2.05, 4.69) is 77.9 Å². The normalized spacial score (nSPS) is 12.1. The van der Waals surface area contributed by atoms with Crippen molar-refractivity contribution in [2.24, 2.45) is 9.98 Å². The number of aryl methyl sites for hydroxylation is 4. The first kappa shape index (κ1) is 31.5. The van der Waals surface area contributed by atoms with E-state index in [0.29, 0.717) is 0 Å². The molecule has 0 aliphatic carbocycles. The van der Waals surface area contributed by atoms with Gasteiger partial charge in [-0.3, -0.25) is 9.98 Å². The number of hydrogen-bond donors (Lipinski definition) is 0. The van der Waals surface area contributed by atoms with Crippen molar-refractivity contribution < 1.29 is 20.4 Å². The zero-order valence-corrected chi connectivity index (χ0v) is 24.7. The van der Waals surface area contributed by atoms with Gasteiger partial charge in [-0.05, 0) is 98.9 Å². The molecule has 0 unspecified atom stereocenters. The van der Waals surface area contributed by atoms with E-state index in [1.165, 1.54) is 78.6 Å². The van der Waals surface area contributed by atoms with E-state index in [-0.39, 0.29) is 20.4 Å². The van der Waals surface area contributed by atoms with Crippen LogP contribution in [0.25, 0.3) is 0 Å². The molecular weight excluding hydrogens is 519 g/mol. The van der Waals surface area contributed by atoms with Crippen molar-refractivity contribution in [1.29, 1.82) is 0 Å². The maximum absolute atomic E-state index is 5.26. The van der Waals surface area contributed by atoms with Gasteiger partial charge in [0.1, 0.15) is 0 Å². The Hall–Kier alpha value is -1.56. The molecule has 0 aliphatic heterocycles. The minimum Gasteiger partial charge on any atom is -0.252 e. The van der Waals surface area contributed by atoms with Crippen LogP contribution in [0.1, 0.15) is 114 Å². The van der Waals surface area contributed by atoms with E-state index in [1.807, 2.05) is 0 Å². The molecule has 2 nitrogen and oxygen atoms in total. The minimum atomic E-state index is 0. The second-order valence-corrected chi connectivity index (χ2v) is 9.74. The van der Waals surface area contributed by atoms with Crippen LogP contribution < -0.4 is 0 Å². The molecule has 0 heterocycles. The summed E-state index contributed by atoms with van der Waals surface area (Å²) in [5.74, 6) is 0. The Labute approximate surface area is 229 Å². The molecular formula is C32H48N2Pd. The van der Waals surface area contributed by atoms with Gasteiger partial charge in [-0.25, -0.2) is 0 Å². The van der Waals surface area contributed by atoms with Crippen molar-refractivity contribution in [2.75, 3.05) is 0 Å².